The SMILES string of the molecule is CCN(CC)C1CCN(c2cc(C3CC3)nc(N3CCC(N(CC)CC)C3)n2)C1. The summed E-state index contributed by atoms with van der Waals surface area (Å²) in [4.78, 5) is 20.3. The molecule has 3 aliphatic rings. The molecular formula is C23H40N6. The molecule has 1 saturated carbocycles. The van der Waals surface area contributed by atoms with Gasteiger partial charge in [-0.1, -0.05) is 27.7 Å². The number of rotatable bonds is 9. The van der Waals surface area contributed by atoms with E-state index >= 15 is 0 Å². The molecule has 2 saturated heterocycles. The van der Waals surface area contributed by atoms with E-state index in [4.69, 9.17) is 9.97 Å². The van der Waals surface area contributed by atoms with Crippen LogP contribution in [0, 0.1) is 0 Å². The van der Waals surface area contributed by atoms with E-state index in [9.17, 15) is 0 Å². The van der Waals surface area contributed by atoms with E-state index in [2.05, 4.69) is 53.4 Å². The Morgan fingerprint density at radius 2 is 1.34 bits per heavy atom. The van der Waals surface area contributed by atoms with Crippen LogP contribution in [0.4, 0.5) is 11.8 Å². The van der Waals surface area contributed by atoms with Crippen LogP contribution in [0.1, 0.15) is 65.0 Å². The topological polar surface area (TPSA) is 38.7 Å². The number of anilines is 2. The van der Waals surface area contributed by atoms with Crippen molar-refractivity contribution in [3.05, 3.63) is 11.8 Å². The Morgan fingerprint density at radius 1 is 0.793 bits per heavy atom. The van der Waals surface area contributed by atoms with E-state index in [1.54, 1.807) is 0 Å². The monoisotopic (exact) mass is 400 g/mol. The molecule has 1 aliphatic carbocycles. The Kier molecular flexibility index (Phi) is 6.60. The lowest BCUT2D eigenvalue weighted by Crippen LogP contribution is -2.38. The first kappa shape index (κ1) is 20.9. The molecule has 2 atom stereocenters. The maximum Gasteiger partial charge on any atom is 0.227 e. The maximum atomic E-state index is 5.10. The smallest absolute Gasteiger partial charge is 0.227 e. The van der Waals surface area contributed by atoms with Crippen molar-refractivity contribution in [2.24, 2.45) is 0 Å². The summed E-state index contributed by atoms with van der Waals surface area (Å²) in [5, 5.41) is 0. The number of hydrogen-bond acceptors (Lipinski definition) is 6. The first-order valence-corrected chi connectivity index (χ1v) is 12.0. The van der Waals surface area contributed by atoms with E-state index in [1.165, 1.54) is 31.4 Å². The van der Waals surface area contributed by atoms with Gasteiger partial charge >= 0.3 is 0 Å². The first-order chi connectivity index (χ1) is 14.2. The average Bonchev–Trinajstić information content (AvgIpc) is 3.29. The number of likely N-dealkylation sites (N-methyl/N-ethyl adjacent to an activating group) is 2. The Labute approximate surface area is 177 Å². The Bertz CT molecular complexity index is 619. The highest BCUT2D eigenvalue weighted by atomic mass is 15.3. The minimum atomic E-state index is 0.639. The standard InChI is InChI=1S/C23H40N6/c1-5-26(6-2)19-11-13-28(16-19)22-15-21(18-9-10-18)24-23(25-22)29-14-12-20(17-29)27(7-3)8-4/h15,18-20H,5-14,16-17H2,1-4H3. The van der Waals surface area contributed by atoms with Crippen LogP contribution in [0.3, 0.4) is 0 Å². The molecule has 0 bridgehead atoms. The summed E-state index contributed by atoms with van der Waals surface area (Å²) in [5.41, 5.74) is 1.28. The molecule has 0 N–H and O–H groups in total. The van der Waals surface area contributed by atoms with Crippen LogP contribution in [0.25, 0.3) is 0 Å². The summed E-state index contributed by atoms with van der Waals surface area (Å²) in [6.07, 6.45) is 5.05. The predicted octanol–water partition coefficient (Wildman–Crippen LogP) is 3.20. The van der Waals surface area contributed by atoms with Crippen molar-refractivity contribution in [3.63, 3.8) is 0 Å². The van der Waals surface area contributed by atoms with Crippen molar-refractivity contribution in [1.29, 1.82) is 0 Å². The minimum Gasteiger partial charge on any atom is -0.355 e. The lowest BCUT2D eigenvalue weighted by Gasteiger charge is -2.27. The summed E-state index contributed by atoms with van der Waals surface area (Å²) in [6, 6.07) is 3.59. The van der Waals surface area contributed by atoms with Crippen LogP contribution >= 0.6 is 0 Å². The van der Waals surface area contributed by atoms with Crippen LogP contribution in [0.5, 0.6) is 0 Å². The van der Waals surface area contributed by atoms with Gasteiger partial charge in [0, 0.05) is 50.2 Å². The van der Waals surface area contributed by atoms with Gasteiger partial charge in [0.15, 0.2) is 0 Å². The van der Waals surface area contributed by atoms with Gasteiger partial charge in [0.1, 0.15) is 5.82 Å². The van der Waals surface area contributed by atoms with Gasteiger partial charge in [-0.05, 0) is 51.9 Å². The lowest BCUT2D eigenvalue weighted by molar-refractivity contribution is 0.232. The van der Waals surface area contributed by atoms with Crippen molar-refractivity contribution in [2.75, 3.05) is 62.2 Å². The molecule has 6 heteroatoms. The van der Waals surface area contributed by atoms with E-state index < -0.39 is 0 Å². The van der Waals surface area contributed by atoms with Gasteiger partial charge in [0.05, 0.1) is 5.69 Å². The number of aromatic nitrogens is 2. The molecule has 0 radical (unpaired) electrons. The molecule has 2 aliphatic heterocycles. The highest BCUT2D eigenvalue weighted by molar-refractivity contribution is 5.49. The minimum absolute atomic E-state index is 0.639. The summed E-state index contributed by atoms with van der Waals surface area (Å²) in [7, 11) is 0. The highest BCUT2D eigenvalue weighted by Crippen LogP contribution is 2.41. The summed E-state index contributed by atoms with van der Waals surface area (Å²) in [6.45, 7) is 18.0. The summed E-state index contributed by atoms with van der Waals surface area (Å²) >= 11 is 0. The normalized spacial score (nSPS) is 25.0. The van der Waals surface area contributed by atoms with Gasteiger partial charge in [0.25, 0.3) is 0 Å². The predicted molar refractivity (Wildman–Crippen MR) is 121 cm³/mol. The third-order valence-corrected chi connectivity index (χ3v) is 7.31. The molecule has 0 spiro atoms. The second-order valence-electron chi connectivity index (χ2n) is 8.94. The largest absolute Gasteiger partial charge is 0.355 e. The molecule has 162 valence electrons. The molecule has 0 amide bonds. The number of hydrogen-bond donors (Lipinski definition) is 0. The fraction of sp³-hybridized carbons (Fsp3) is 0.826. The van der Waals surface area contributed by atoms with Gasteiger partial charge in [-0.3, -0.25) is 9.80 Å². The van der Waals surface area contributed by atoms with Crippen molar-refractivity contribution < 1.29 is 0 Å². The molecule has 1 aromatic rings. The van der Waals surface area contributed by atoms with Crippen molar-refractivity contribution in [1.82, 2.24) is 19.8 Å². The van der Waals surface area contributed by atoms with Crippen LogP contribution in [0.2, 0.25) is 0 Å². The fourth-order valence-corrected chi connectivity index (χ4v) is 5.28. The van der Waals surface area contributed by atoms with Gasteiger partial charge in [-0.15, -0.1) is 0 Å². The van der Waals surface area contributed by atoms with E-state index in [0.717, 1.165) is 64.1 Å². The van der Waals surface area contributed by atoms with E-state index in [1.807, 2.05) is 0 Å². The molecule has 2 unspecified atom stereocenters. The lowest BCUT2D eigenvalue weighted by atomic mass is 10.2. The number of nitrogens with zero attached hydrogens (tertiary/aromatic N) is 6. The van der Waals surface area contributed by atoms with Crippen LogP contribution in [-0.2, 0) is 0 Å². The van der Waals surface area contributed by atoms with Gasteiger partial charge in [-0.2, -0.15) is 4.98 Å². The molecule has 29 heavy (non-hydrogen) atoms. The quantitative estimate of drug-likeness (QED) is 0.634. The molecule has 3 heterocycles. The van der Waals surface area contributed by atoms with Crippen LogP contribution in [0.15, 0.2) is 6.07 Å². The Hall–Kier alpha value is -1.40. The maximum absolute atomic E-state index is 5.10. The molecular weight excluding hydrogens is 360 g/mol. The van der Waals surface area contributed by atoms with Gasteiger partial charge in [-0.25, -0.2) is 4.98 Å². The first-order valence-electron chi connectivity index (χ1n) is 12.0. The highest BCUT2D eigenvalue weighted by Gasteiger charge is 2.33. The third-order valence-electron chi connectivity index (χ3n) is 7.31. The molecule has 0 aromatic carbocycles. The third kappa shape index (κ3) is 4.53. The summed E-state index contributed by atoms with van der Waals surface area (Å²) < 4.78 is 0. The van der Waals surface area contributed by atoms with Crippen molar-refractivity contribution >= 4 is 11.8 Å². The van der Waals surface area contributed by atoms with Gasteiger partial charge < -0.3 is 9.80 Å². The Morgan fingerprint density at radius 3 is 1.90 bits per heavy atom. The molecule has 1 aromatic heterocycles. The molecule has 6 nitrogen and oxygen atoms in total. The second kappa shape index (κ2) is 9.17. The Balaban J connectivity index is 1.52. The van der Waals surface area contributed by atoms with E-state index in [0.29, 0.717) is 18.0 Å². The molecule has 4 rings (SSSR count). The zero-order valence-electron chi connectivity index (χ0n) is 19.0. The fourth-order valence-electron chi connectivity index (χ4n) is 5.28. The second-order valence-corrected chi connectivity index (χ2v) is 8.94. The van der Waals surface area contributed by atoms with Crippen LogP contribution in [-0.4, -0.2) is 84.2 Å². The zero-order chi connectivity index (χ0) is 20.4. The average molecular weight is 401 g/mol. The van der Waals surface area contributed by atoms with Gasteiger partial charge in [0.2, 0.25) is 5.95 Å². The van der Waals surface area contributed by atoms with E-state index in [-0.39, 0.29) is 0 Å². The van der Waals surface area contributed by atoms with Crippen LogP contribution < -0.4 is 9.80 Å². The summed E-state index contributed by atoms with van der Waals surface area (Å²) in [5.74, 6) is 2.81. The molecule has 3 fully saturated rings. The van der Waals surface area contributed by atoms with Crippen molar-refractivity contribution in [2.45, 2.75) is 71.4 Å². The zero-order valence-corrected chi connectivity index (χ0v) is 19.0. The van der Waals surface area contributed by atoms with Crippen molar-refractivity contribution in [3.8, 4) is 0 Å².